The van der Waals surface area contributed by atoms with Crippen LogP contribution in [0.1, 0.15) is 36.0 Å². The van der Waals surface area contributed by atoms with E-state index in [1.54, 1.807) is 23.1 Å². The van der Waals surface area contributed by atoms with E-state index < -0.39 is 0 Å². The molecule has 1 heterocycles. The van der Waals surface area contributed by atoms with E-state index in [1.807, 2.05) is 0 Å². The Morgan fingerprint density at radius 3 is 2.74 bits per heavy atom. The van der Waals surface area contributed by atoms with Crippen molar-refractivity contribution in [1.29, 1.82) is 0 Å². The zero-order chi connectivity index (χ0) is 13.8. The number of rotatable bonds is 2. The second kappa shape index (κ2) is 6.60. The Labute approximate surface area is 123 Å². The third kappa shape index (κ3) is 3.41. The van der Waals surface area contributed by atoms with E-state index in [1.165, 1.54) is 0 Å². The van der Waals surface area contributed by atoms with Crippen LogP contribution >= 0.6 is 23.2 Å². The molecule has 1 unspecified atom stereocenters. The molecule has 1 amide bonds. The summed E-state index contributed by atoms with van der Waals surface area (Å²) in [7, 11) is 0. The first-order valence-corrected chi connectivity index (χ1v) is 7.26. The number of likely N-dealkylation sites (tertiary alicyclic amines) is 1. The van der Waals surface area contributed by atoms with Crippen LogP contribution in [0.2, 0.25) is 10.0 Å². The molecule has 2 rings (SSSR count). The van der Waals surface area contributed by atoms with E-state index in [4.69, 9.17) is 23.2 Å². The van der Waals surface area contributed by atoms with Crippen molar-refractivity contribution < 1.29 is 9.90 Å². The largest absolute Gasteiger partial charge is 0.394 e. The summed E-state index contributed by atoms with van der Waals surface area (Å²) >= 11 is 11.8. The molecule has 1 fully saturated rings. The number of hydrogen-bond donors (Lipinski definition) is 1. The van der Waals surface area contributed by atoms with Gasteiger partial charge in [-0.15, -0.1) is 0 Å². The topological polar surface area (TPSA) is 40.5 Å². The molecule has 1 atom stereocenters. The molecule has 1 N–H and O–H groups in total. The van der Waals surface area contributed by atoms with Crippen LogP contribution < -0.4 is 0 Å². The minimum atomic E-state index is -0.0931. The Bertz CT molecular complexity index is 465. The summed E-state index contributed by atoms with van der Waals surface area (Å²) in [6.45, 7) is 0.692. The van der Waals surface area contributed by atoms with E-state index in [0.29, 0.717) is 22.2 Å². The second-order valence-corrected chi connectivity index (χ2v) is 5.63. The first-order chi connectivity index (χ1) is 9.13. The number of carbonyl (C=O) groups is 1. The lowest BCUT2D eigenvalue weighted by molar-refractivity contribution is 0.0600. The molecule has 0 spiro atoms. The highest BCUT2D eigenvalue weighted by atomic mass is 35.5. The van der Waals surface area contributed by atoms with Gasteiger partial charge in [0.2, 0.25) is 0 Å². The van der Waals surface area contributed by atoms with Crippen LogP contribution in [-0.2, 0) is 0 Å². The minimum Gasteiger partial charge on any atom is -0.394 e. The average molecular weight is 302 g/mol. The first-order valence-electron chi connectivity index (χ1n) is 6.50. The van der Waals surface area contributed by atoms with Crippen LogP contribution in [0.25, 0.3) is 0 Å². The maximum absolute atomic E-state index is 12.5. The highest BCUT2D eigenvalue weighted by Crippen LogP contribution is 2.25. The van der Waals surface area contributed by atoms with Gasteiger partial charge in [-0.05, 0) is 31.0 Å². The molecule has 0 radical (unpaired) electrons. The van der Waals surface area contributed by atoms with E-state index in [-0.39, 0.29) is 18.6 Å². The van der Waals surface area contributed by atoms with Gasteiger partial charge in [0.15, 0.2) is 0 Å². The van der Waals surface area contributed by atoms with Crippen LogP contribution in [0, 0.1) is 0 Å². The molecule has 1 saturated heterocycles. The summed E-state index contributed by atoms with van der Waals surface area (Å²) in [6, 6.07) is 4.80. The predicted octanol–water partition coefficient (Wildman–Crippen LogP) is 3.37. The fourth-order valence-corrected chi connectivity index (χ4v) is 2.73. The molecule has 0 aromatic heterocycles. The molecule has 0 bridgehead atoms. The SMILES string of the molecule is O=C(c1ccc(Cl)c(Cl)c1)N1CCCCCC1CO. The van der Waals surface area contributed by atoms with E-state index in [9.17, 15) is 9.90 Å². The van der Waals surface area contributed by atoms with Gasteiger partial charge in [-0.3, -0.25) is 4.79 Å². The standard InChI is InChI=1S/C14H17Cl2NO2/c15-12-6-5-10(8-13(12)16)14(19)17-7-3-1-2-4-11(17)9-18/h5-6,8,11,18H,1-4,7,9H2. The predicted molar refractivity (Wildman–Crippen MR) is 76.8 cm³/mol. The van der Waals surface area contributed by atoms with Crippen molar-refractivity contribution in [3.05, 3.63) is 33.8 Å². The molecule has 1 aliphatic heterocycles. The lowest BCUT2D eigenvalue weighted by atomic mass is 10.1. The zero-order valence-electron chi connectivity index (χ0n) is 10.6. The van der Waals surface area contributed by atoms with Gasteiger partial charge < -0.3 is 10.0 Å². The molecule has 0 aliphatic carbocycles. The molecule has 1 aromatic rings. The van der Waals surface area contributed by atoms with Crippen molar-refractivity contribution in [2.24, 2.45) is 0 Å². The van der Waals surface area contributed by atoms with Crippen LogP contribution in [-0.4, -0.2) is 35.1 Å². The quantitative estimate of drug-likeness (QED) is 0.910. The van der Waals surface area contributed by atoms with Gasteiger partial charge in [0.05, 0.1) is 22.7 Å². The number of amides is 1. The summed E-state index contributed by atoms with van der Waals surface area (Å²) in [5, 5.41) is 10.3. The summed E-state index contributed by atoms with van der Waals surface area (Å²) in [4.78, 5) is 14.3. The molecule has 0 saturated carbocycles. The summed E-state index contributed by atoms with van der Waals surface area (Å²) in [5.41, 5.74) is 0.523. The molecule has 1 aromatic carbocycles. The number of aliphatic hydroxyl groups is 1. The Balaban J connectivity index is 2.22. The van der Waals surface area contributed by atoms with Crippen molar-refractivity contribution in [3.63, 3.8) is 0 Å². The number of nitrogens with zero attached hydrogens (tertiary/aromatic N) is 1. The van der Waals surface area contributed by atoms with Gasteiger partial charge in [0, 0.05) is 12.1 Å². The van der Waals surface area contributed by atoms with Gasteiger partial charge >= 0.3 is 0 Å². The van der Waals surface area contributed by atoms with Crippen molar-refractivity contribution in [2.75, 3.05) is 13.2 Å². The monoisotopic (exact) mass is 301 g/mol. The zero-order valence-corrected chi connectivity index (χ0v) is 12.1. The normalized spacial score (nSPS) is 20.2. The highest BCUT2D eigenvalue weighted by Gasteiger charge is 2.25. The average Bonchev–Trinajstić information content (AvgIpc) is 2.66. The molecular formula is C14H17Cl2NO2. The second-order valence-electron chi connectivity index (χ2n) is 4.81. The molecule has 104 valence electrons. The van der Waals surface area contributed by atoms with E-state index in [2.05, 4.69) is 0 Å². The number of halogens is 2. The number of hydrogen-bond acceptors (Lipinski definition) is 2. The molecular weight excluding hydrogens is 285 g/mol. The Morgan fingerprint density at radius 1 is 1.26 bits per heavy atom. The fraction of sp³-hybridized carbons (Fsp3) is 0.500. The Hall–Kier alpha value is -0.770. The summed E-state index contributed by atoms with van der Waals surface area (Å²) in [6.07, 6.45) is 3.98. The van der Waals surface area contributed by atoms with Gasteiger partial charge in [-0.25, -0.2) is 0 Å². The smallest absolute Gasteiger partial charge is 0.254 e. The van der Waals surface area contributed by atoms with Crippen LogP contribution in [0.5, 0.6) is 0 Å². The summed E-state index contributed by atoms with van der Waals surface area (Å²) < 4.78 is 0. The first kappa shape index (κ1) is 14.6. The molecule has 19 heavy (non-hydrogen) atoms. The van der Waals surface area contributed by atoms with Crippen molar-refractivity contribution in [2.45, 2.75) is 31.7 Å². The minimum absolute atomic E-state index is 0.00701. The van der Waals surface area contributed by atoms with Gasteiger partial charge in [-0.2, -0.15) is 0 Å². The lowest BCUT2D eigenvalue weighted by Gasteiger charge is -2.28. The van der Waals surface area contributed by atoms with Crippen molar-refractivity contribution >= 4 is 29.1 Å². The maximum Gasteiger partial charge on any atom is 0.254 e. The van der Waals surface area contributed by atoms with Gasteiger partial charge in [0.1, 0.15) is 0 Å². The Morgan fingerprint density at radius 2 is 2.05 bits per heavy atom. The number of carbonyl (C=O) groups excluding carboxylic acids is 1. The van der Waals surface area contributed by atoms with Crippen LogP contribution in [0.4, 0.5) is 0 Å². The summed E-state index contributed by atoms with van der Waals surface area (Å²) in [5.74, 6) is -0.0838. The molecule has 3 nitrogen and oxygen atoms in total. The van der Waals surface area contributed by atoms with E-state index >= 15 is 0 Å². The van der Waals surface area contributed by atoms with Gasteiger partial charge in [0.25, 0.3) is 5.91 Å². The third-order valence-electron chi connectivity index (χ3n) is 3.52. The number of benzene rings is 1. The van der Waals surface area contributed by atoms with Crippen LogP contribution in [0.15, 0.2) is 18.2 Å². The van der Waals surface area contributed by atoms with E-state index in [0.717, 1.165) is 25.7 Å². The van der Waals surface area contributed by atoms with Crippen molar-refractivity contribution in [3.8, 4) is 0 Å². The van der Waals surface area contributed by atoms with Crippen LogP contribution in [0.3, 0.4) is 0 Å². The lowest BCUT2D eigenvalue weighted by Crippen LogP contribution is -2.42. The van der Waals surface area contributed by atoms with Crippen molar-refractivity contribution in [1.82, 2.24) is 4.90 Å². The molecule has 5 heteroatoms. The third-order valence-corrected chi connectivity index (χ3v) is 4.25. The Kier molecular flexibility index (Phi) is 5.08. The fourth-order valence-electron chi connectivity index (χ4n) is 2.43. The number of aliphatic hydroxyl groups excluding tert-OH is 1. The molecule has 1 aliphatic rings. The maximum atomic E-state index is 12.5. The highest BCUT2D eigenvalue weighted by molar-refractivity contribution is 6.42. The van der Waals surface area contributed by atoms with Gasteiger partial charge in [-0.1, -0.05) is 36.0 Å².